The Balaban J connectivity index is 1.73. The lowest BCUT2D eigenvalue weighted by Crippen LogP contribution is -2.18. The molecule has 0 aliphatic carbocycles. The van der Waals surface area contributed by atoms with Gasteiger partial charge in [-0.15, -0.1) is 0 Å². The Morgan fingerprint density at radius 3 is 2.70 bits per heavy atom. The van der Waals surface area contributed by atoms with Gasteiger partial charge >= 0.3 is 0 Å². The molecule has 2 N–H and O–H groups in total. The molecule has 0 spiro atoms. The smallest absolute Gasteiger partial charge is 0.288 e. The van der Waals surface area contributed by atoms with Gasteiger partial charge in [-0.3, -0.25) is 9.78 Å². The van der Waals surface area contributed by atoms with E-state index in [0.29, 0.717) is 10.7 Å². The molecular weight excluding hydrogens is 360 g/mol. The van der Waals surface area contributed by atoms with E-state index in [1.54, 1.807) is 30.7 Å². The molecule has 2 aromatic heterocycles. The first-order valence-corrected chi connectivity index (χ1v) is 8.71. The Morgan fingerprint density at radius 2 is 1.89 bits per heavy atom. The fourth-order valence-electron chi connectivity index (χ4n) is 2.93. The molecule has 0 saturated carbocycles. The van der Waals surface area contributed by atoms with Crippen LogP contribution in [0.3, 0.4) is 0 Å². The van der Waals surface area contributed by atoms with Gasteiger partial charge in [0.2, 0.25) is 0 Å². The first kappa shape index (κ1) is 17.0. The van der Waals surface area contributed by atoms with E-state index in [-0.39, 0.29) is 5.91 Å². The minimum atomic E-state index is -0.346. The number of pyridine rings is 1. The molecule has 2 heterocycles. The molecule has 0 fully saturated rings. The number of carbonyl (C=O) groups is 1. The van der Waals surface area contributed by atoms with Crippen molar-refractivity contribution in [3.8, 4) is 11.1 Å². The van der Waals surface area contributed by atoms with Crippen LogP contribution in [0, 0.1) is 0 Å². The maximum atomic E-state index is 12.8. The molecule has 0 aliphatic rings. The van der Waals surface area contributed by atoms with E-state index in [1.807, 2.05) is 48.5 Å². The summed E-state index contributed by atoms with van der Waals surface area (Å²) in [7, 11) is 0. The maximum absolute atomic E-state index is 12.8. The van der Waals surface area contributed by atoms with Crippen LogP contribution in [0.25, 0.3) is 22.0 Å². The molecule has 0 aliphatic heterocycles. The van der Waals surface area contributed by atoms with Crippen molar-refractivity contribution in [1.29, 1.82) is 0 Å². The lowest BCUT2D eigenvalue weighted by molar-refractivity contribution is 0.0951. The Labute approximate surface area is 160 Å². The van der Waals surface area contributed by atoms with Gasteiger partial charge in [-0.05, 0) is 18.2 Å². The van der Waals surface area contributed by atoms with Crippen LogP contribution in [-0.4, -0.2) is 22.1 Å². The number of aromatic amines is 1. The summed E-state index contributed by atoms with van der Waals surface area (Å²) in [6, 6.07) is 18.8. The maximum Gasteiger partial charge on any atom is 0.288 e. The zero-order valence-corrected chi connectivity index (χ0v) is 14.9. The number of benzene rings is 2. The molecule has 0 atom stereocenters. The Bertz CT molecular complexity index is 1140. The minimum absolute atomic E-state index is 0.346. The van der Waals surface area contributed by atoms with Crippen molar-refractivity contribution in [2.75, 3.05) is 0 Å². The molecule has 4 aromatic rings. The van der Waals surface area contributed by atoms with Crippen LogP contribution in [0.15, 0.2) is 78.2 Å². The number of halogens is 1. The summed E-state index contributed by atoms with van der Waals surface area (Å²) < 4.78 is 0. The molecule has 27 heavy (non-hydrogen) atoms. The lowest BCUT2D eigenvalue weighted by atomic mass is 10.0. The summed E-state index contributed by atoms with van der Waals surface area (Å²) in [5.41, 5.74) is 6.17. The number of nitrogens with zero attached hydrogens (tertiary/aromatic N) is 2. The van der Waals surface area contributed by atoms with E-state index in [9.17, 15) is 4.79 Å². The number of para-hydroxylation sites is 1. The zero-order chi connectivity index (χ0) is 18.6. The summed E-state index contributed by atoms with van der Waals surface area (Å²) in [6.07, 6.45) is 4.88. The second kappa shape index (κ2) is 7.43. The topological polar surface area (TPSA) is 70.1 Å². The lowest BCUT2D eigenvalue weighted by Gasteiger charge is -2.06. The molecule has 0 unspecified atom stereocenters. The van der Waals surface area contributed by atoms with Crippen molar-refractivity contribution in [3.63, 3.8) is 0 Å². The summed E-state index contributed by atoms with van der Waals surface area (Å²) in [5, 5.41) is 5.53. The third-order valence-corrected chi connectivity index (χ3v) is 4.47. The van der Waals surface area contributed by atoms with Crippen LogP contribution in [0.1, 0.15) is 16.1 Å². The Morgan fingerprint density at radius 1 is 1.07 bits per heavy atom. The van der Waals surface area contributed by atoms with E-state index >= 15 is 0 Å². The normalized spacial score (nSPS) is 11.1. The third-order valence-electron chi connectivity index (χ3n) is 4.14. The molecule has 5 nitrogen and oxygen atoms in total. The van der Waals surface area contributed by atoms with Gasteiger partial charge in [-0.1, -0.05) is 54.1 Å². The van der Waals surface area contributed by atoms with Gasteiger partial charge in [0.1, 0.15) is 5.69 Å². The van der Waals surface area contributed by atoms with Crippen LogP contribution in [-0.2, 0) is 0 Å². The summed E-state index contributed by atoms with van der Waals surface area (Å²) in [4.78, 5) is 20.0. The van der Waals surface area contributed by atoms with E-state index in [4.69, 9.17) is 11.6 Å². The van der Waals surface area contributed by atoms with Crippen LogP contribution in [0.2, 0.25) is 5.02 Å². The van der Waals surface area contributed by atoms with Gasteiger partial charge in [0.05, 0.1) is 6.21 Å². The average Bonchev–Trinajstić information content (AvgIpc) is 3.09. The summed E-state index contributed by atoms with van der Waals surface area (Å²) in [5.74, 6) is -0.346. The van der Waals surface area contributed by atoms with E-state index < -0.39 is 0 Å². The number of rotatable bonds is 4. The number of hydrogen-bond donors (Lipinski definition) is 2. The first-order chi connectivity index (χ1) is 13.2. The van der Waals surface area contributed by atoms with Crippen LogP contribution < -0.4 is 5.43 Å². The molecule has 6 heteroatoms. The van der Waals surface area contributed by atoms with Crippen molar-refractivity contribution >= 4 is 34.6 Å². The standard InChI is InChI=1S/C21H15ClN4O/c22-17-9-3-1-7-15(17)19-16-8-2-4-10-18(16)25-20(19)21(27)26-24-13-14-6-5-11-23-12-14/h1-13,25H,(H,26,27)/b24-13-. The molecule has 2 aromatic carbocycles. The summed E-state index contributed by atoms with van der Waals surface area (Å²) >= 11 is 6.39. The van der Waals surface area contributed by atoms with Gasteiger partial charge in [-0.2, -0.15) is 5.10 Å². The highest BCUT2D eigenvalue weighted by Crippen LogP contribution is 2.36. The van der Waals surface area contributed by atoms with Gasteiger partial charge in [0.25, 0.3) is 5.91 Å². The van der Waals surface area contributed by atoms with Crippen molar-refractivity contribution < 1.29 is 4.79 Å². The van der Waals surface area contributed by atoms with Crippen molar-refractivity contribution in [2.45, 2.75) is 0 Å². The Hall–Kier alpha value is -3.44. The van der Waals surface area contributed by atoms with Gasteiger partial charge in [0, 0.05) is 45.0 Å². The van der Waals surface area contributed by atoms with E-state index in [0.717, 1.165) is 27.6 Å². The highest BCUT2D eigenvalue weighted by atomic mass is 35.5. The summed E-state index contributed by atoms with van der Waals surface area (Å²) in [6.45, 7) is 0. The molecule has 0 saturated heterocycles. The van der Waals surface area contributed by atoms with E-state index in [1.165, 1.54) is 0 Å². The number of hydrogen-bond acceptors (Lipinski definition) is 3. The predicted octanol–water partition coefficient (Wildman–Crippen LogP) is 4.65. The SMILES string of the molecule is O=C(N/N=C\c1cccnc1)c1[nH]c2ccccc2c1-c1ccccc1Cl. The van der Waals surface area contributed by atoms with E-state index in [2.05, 4.69) is 20.5 Å². The molecule has 132 valence electrons. The number of fused-ring (bicyclic) bond motifs is 1. The number of aromatic nitrogens is 2. The number of H-pyrrole nitrogens is 1. The fourth-order valence-corrected chi connectivity index (χ4v) is 3.16. The van der Waals surface area contributed by atoms with Crippen molar-refractivity contribution in [3.05, 3.63) is 89.3 Å². The number of nitrogens with one attached hydrogen (secondary N) is 2. The fraction of sp³-hybridized carbons (Fsp3) is 0. The molecule has 1 amide bonds. The molecule has 4 rings (SSSR count). The number of carbonyl (C=O) groups excluding carboxylic acids is 1. The third kappa shape index (κ3) is 3.45. The number of hydrazone groups is 1. The highest BCUT2D eigenvalue weighted by molar-refractivity contribution is 6.34. The zero-order valence-electron chi connectivity index (χ0n) is 14.2. The predicted molar refractivity (Wildman–Crippen MR) is 108 cm³/mol. The van der Waals surface area contributed by atoms with Crippen LogP contribution >= 0.6 is 11.6 Å². The second-order valence-electron chi connectivity index (χ2n) is 5.89. The minimum Gasteiger partial charge on any atom is -0.350 e. The van der Waals surface area contributed by atoms with Crippen LogP contribution in [0.4, 0.5) is 0 Å². The van der Waals surface area contributed by atoms with Crippen LogP contribution in [0.5, 0.6) is 0 Å². The Kier molecular flexibility index (Phi) is 4.68. The monoisotopic (exact) mass is 374 g/mol. The second-order valence-corrected chi connectivity index (χ2v) is 6.29. The first-order valence-electron chi connectivity index (χ1n) is 8.33. The largest absolute Gasteiger partial charge is 0.350 e. The molecular formula is C21H15ClN4O. The van der Waals surface area contributed by atoms with Gasteiger partial charge in [0.15, 0.2) is 0 Å². The molecule has 0 bridgehead atoms. The quantitative estimate of drug-likeness (QED) is 0.403. The van der Waals surface area contributed by atoms with Crippen molar-refractivity contribution in [2.24, 2.45) is 5.10 Å². The highest BCUT2D eigenvalue weighted by Gasteiger charge is 2.20. The average molecular weight is 375 g/mol. The van der Waals surface area contributed by atoms with Crippen molar-refractivity contribution in [1.82, 2.24) is 15.4 Å². The molecule has 0 radical (unpaired) electrons. The van der Waals surface area contributed by atoms with Gasteiger partial charge < -0.3 is 4.98 Å². The number of amides is 1. The van der Waals surface area contributed by atoms with Gasteiger partial charge in [-0.25, -0.2) is 5.43 Å².